The van der Waals surface area contributed by atoms with Crippen molar-refractivity contribution in [2.75, 3.05) is 7.05 Å². The topological polar surface area (TPSA) is 51.2 Å². The van der Waals surface area contributed by atoms with Gasteiger partial charge in [-0.15, -0.1) is 0 Å². The Balaban J connectivity index is 2.91. The minimum atomic E-state index is -0.320. The molecule has 74 valence electrons. The highest BCUT2D eigenvalue weighted by molar-refractivity contribution is 5.13. The quantitative estimate of drug-likeness (QED) is 0.746. The molecule has 0 saturated carbocycles. The number of likely N-dealkylation sites (N-methyl/N-ethyl adjacent to an activating group) is 1. The Labute approximate surface area is 79.3 Å². The van der Waals surface area contributed by atoms with Crippen molar-refractivity contribution < 1.29 is 4.42 Å². The van der Waals surface area contributed by atoms with Crippen LogP contribution in [0.1, 0.15) is 31.4 Å². The third-order valence-corrected chi connectivity index (χ3v) is 2.08. The van der Waals surface area contributed by atoms with E-state index in [1.54, 1.807) is 0 Å². The van der Waals surface area contributed by atoms with Gasteiger partial charge in [0.2, 0.25) is 0 Å². The van der Waals surface area contributed by atoms with Crippen molar-refractivity contribution in [1.29, 1.82) is 0 Å². The molecule has 0 radical (unpaired) electrons. The first-order valence-corrected chi connectivity index (χ1v) is 4.47. The molecular weight excluding hydrogens is 164 g/mol. The van der Waals surface area contributed by atoms with Crippen LogP contribution in [0.5, 0.6) is 0 Å². The highest BCUT2D eigenvalue weighted by Gasteiger charge is 2.27. The maximum absolute atomic E-state index is 6.01. The fourth-order valence-corrected chi connectivity index (χ4v) is 1.49. The molecule has 1 unspecified atom stereocenters. The first kappa shape index (κ1) is 10.3. The highest BCUT2D eigenvalue weighted by Crippen LogP contribution is 2.24. The van der Waals surface area contributed by atoms with Crippen LogP contribution in [0, 0.1) is 6.92 Å². The van der Waals surface area contributed by atoms with Gasteiger partial charge in [0, 0.05) is 5.54 Å². The Morgan fingerprint density at radius 1 is 1.46 bits per heavy atom. The van der Waals surface area contributed by atoms with Gasteiger partial charge in [-0.2, -0.15) is 0 Å². The minimum absolute atomic E-state index is 0.0567. The van der Waals surface area contributed by atoms with Crippen molar-refractivity contribution in [2.24, 2.45) is 5.73 Å². The Hall–Kier alpha value is -0.800. The van der Waals surface area contributed by atoms with Crippen molar-refractivity contribution >= 4 is 0 Å². The van der Waals surface area contributed by atoms with Gasteiger partial charge in [-0.25, -0.2) is 0 Å². The lowest BCUT2D eigenvalue weighted by atomic mass is 9.94. The average Bonchev–Trinajstić information content (AvgIpc) is 2.34. The molecule has 3 heteroatoms. The lowest BCUT2D eigenvalue weighted by Crippen LogP contribution is -2.45. The number of nitrogens with two attached hydrogens (primary N) is 1. The van der Waals surface area contributed by atoms with Gasteiger partial charge in [0.05, 0.1) is 6.04 Å². The van der Waals surface area contributed by atoms with Crippen LogP contribution in [-0.2, 0) is 0 Å². The Morgan fingerprint density at radius 3 is 2.38 bits per heavy atom. The van der Waals surface area contributed by atoms with Crippen LogP contribution < -0.4 is 11.1 Å². The standard InChI is InChI=1S/C10H18N2O/c1-7-5-6-8(13-7)9(12-4)10(2,3)11/h5-6,9,12H,11H2,1-4H3. The SMILES string of the molecule is CNC(c1ccc(C)o1)C(C)(C)N. The molecule has 3 nitrogen and oxygen atoms in total. The summed E-state index contributed by atoms with van der Waals surface area (Å²) in [6.45, 7) is 5.89. The Morgan fingerprint density at radius 2 is 2.08 bits per heavy atom. The molecule has 1 aromatic heterocycles. The molecule has 0 aliphatic carbocycles. The normalized spacial score (nSPS) is 14.5. The van der Waals surface area contributed by atoms with Gasteiger partial charge in [0.1, 0.15) is 11.5 Å². The van der Waals surface area contributed by atoms with E-state index in [-0.39, 0.29) is 11.6 Å². The first-order valence-electron chi connectivity index (χ1n) is 4.47. The molecule has 0 aliphatic rings. The Bertz CT molecular complexity index is 273. The second kappa shape index (κ2) is 3.52. The van der Waals surface area contributed by atoms with Crippen LogP contribution >= 0.6 is 0 Å². The summed E-state index contributed by atoms with van der Waals surface area (Å²) < 4.78 is 5.52. The van der Waals surface area contributed by atoms with Crippen LogP contribution in [0.2, 0.25) is 0 Å². The maximum Gasteiger partial charge on any atom is 0.122 e. The first-order chi connectivity index (χ1) is 5.95. The molecule has 1 atom stereocenters. The minimum Gasteiger partial charge on any atom is -0.465 e. The smallest absolute Gasteiger partial charge is 0.122 e. The van der Waals surface area contributed by atoms with Gasteiger partial charge < -0.3 is 15.5 Å². The zero-order valence-electron chi connectivity index (χ0n) is 8.72. The molecule has 0 bridgehead atoms. The summed E-state index contributed by atoms with van der Waals surface area (Å²) in [6, 6.07) is 3.97. The third-order valence-electron chi connectivity index (χ3n) is 2.08. The van der Waals surface area contributed by atoms with Gasteiger partial charge >= 0.3 is 0 Å². The molecule has 0 aromatic carbocycles. The molecular formula is C10H18N2O. The number of hydrogen-bond donors (Lipinski definition) is 2. The summed E-state index contributed by atoms with van der Waals surface area (Å²) in [6.07, 6.45) is 0. The van der Waals surface area contributed by atoms with Crippen molar-refractivity contribution in [3.63, 3.8) is 0 Å². The van der Waals surface area contributed by atoms with Gasteiger partial charge in [0.15, 0.2) is 0 Å². The van der Waals surface area contributed by atoms with E-state index in [2.05, 4.69) is 5.32 Å². The molecule has 0 saturated heterocycles. The molecule has 1 aromatic rings. The van der Waals surface area contributed by atoms with Crippen molar-refractivity contribution in [2.45, 2.75) is 32.4 Å². The van der Waals surface area contributed by atoms with E-state index >= 15 is 0 Å². The van der Waals surface area contributed by atoms with E-state index in [4.69, 9.17) is 10.2 Å². The monoisotopic (exact) mass is 182 g/mol. The predicted molar refractivity (Wildman–Crippen MR) is 53.5 cm³/mol. The number of hydrogen-bond acceptors (Lipinski definition) is 3. The van der Waals surface area contributed by atoms with Gasteiger partial charge in [-0.3, -0.25) is 0 Å². The number of aryl methyl sites for hydroxylation is 1. The Kier molecular flexibility index (Phi) is 2.78. The molecule has 3 N–H and O–H groups in total. The highest BCUT2D eigenvalue weighted by atomic mass is 16.3. The van der Waals surface area contributed by atoms with Crippen molar-refractivity contribution in [3.05, 3.63) is 23.7 Å². The van der Waals surface area contributed by atoms with E-state index in [0.717, 1.165) is 11.5 Å². The summed E-state index contributed by atoms with van der Waals surface area (Å²) in [4.78, 5) is 0. The molecule has 13 heavy (non-hydrogen) atoms. The fourth-order valence-electron chi connectivity index (χ4n) is 1.49. The molecule has 0 aliphatic heterocycles. The van der Waals surface area contributed by atoms with Crippen LogP contribution in [-0.4, -0.2) is 12.6 Å². The van der Waals surface area contributed by atoms with Crippen LogP contribution in [0.4, 0.5) is 0 Å². The van der Waals surface area contributed by atoms with Crippen molar-refractivity contribution in [3.8, 4) is 0 Å². The molecule has 0 spiro atoms. The third kappa shape index (κ3) is 2.32. The molecule has 0 fully saturated rings. The fraction of sp³-hybridized carbons (Fsp3) is 0.600. The number of rotatable bonds is 3. The molecule has 1 rings (SSSR count). The lowest BCUT2D eigenvalue weighted by molar-refractivity contribution is 0.310. The van der Waals surface area contributed by atoms with E-state index in [0.29, 0.717) is 0 Å². The maximum atomic E-state index is 6.01. The lowest BCUT2D eigenvalue weighted by Gasteiger charge is -2.28. The number of nitrogens with one attached hydrogen (secondary N) is 1. The van der Waals surface area contributed by atoms with E-state index in [1.807, 2.05) is 40.0 Å². The largest absolute Gasteiger partial charge is 0.465 e. The summed E-state index contributed by atoms with van der Waals surface area (Å²) in [5, 5.41) is 3.15. The molecule has 0 amide bonds. The zero-order chi connectivity index (χ0) is 10.1. The van der Waals surface area contributed by atoms with Crippen LogP contribution in [0.15, 0.2) is 16.5 Å². The van der Waals surface area contributed by atoms with E-state index in [1.165, 1.54) is 0 Å². The predicted octanol–water partition coefficient (Wildman–Crippen LogP) is 1.59. The summed E-state index contributed by atoms with van der Waals surface area (Å²) >= 11 is 0. The van der Waals surface area contributed by atoms with E-state index < -0.39 is 0 Å². The van der Waals surface area contributed by atoms with E-state index in [9.17, 15) is 0 Å². The van der Waals surface area contributed by atoms with Gasteiger partial charge in [-0.05, 0) is 40.0 Å². The summed E-state index contributed by atoms with van der Waals surface area (Å²) in [5.74, 6) is 1.81. The molecule has 1 heterocycles. The number of furan rings is 1. The van der Waals surface area contributed by atoms with Gasteiger partial charge in [-0.1, -0.05) is 0 Å². The van der Waals surface area contributed by atoms with Crippen LogP contribution in [0.25, 0.3) is 0 Å². The van der Waals surface area contributed by atoms with Crippen molar-refractivity contribution in [1.82, 2.24) is 5.32 Å². The second-order valence-electron chi connectivity index (χ2n) is 3.99. The zero-order valence-corrected chi connectivity index (χ0v) is 8.72. The van der Waals surface area contributed by atoms with Crippen LogP contribution in [0.3, 0.4) is 0 Å². The summed E-state index contributed by atoms with van der Waals surface area (Å²) in [7, 11) is 1.89. The summed E-state index contributed by atoms with van der Waals surface area (Å²) in [5.41, 5.74) is 5.69. The average molecular weight is 182 g/mol. The second-order valence-corrected chi connectivity index (χ2v) is 3.99. The van der Waals surface area contributed by atoms with Gasteiger partial charge in [0.25, 0.3) is 0 Å².